The molecule has 1 atom stereocenters. The molecule has 1 amide bonds. The third kappa shape index (κ3) is 3.92. The van der Waals surface area contributed by atoms with Crippen LogP contribution in [0.2, 0.25) is 0 Å². The van der Waals surface area contributed by atoms with Gasteiger partial charge in [0, 0.05) is 37.5 Å². The van der Waals surface area contributed by atoms with Crippen molar-refractivity contribution in [2.24, 2.45) is 5.92 Å². The molecule has 1 saturated heterocycles. The average molecular weight is 328 g/mol. The zero-order valence-corrected chi connectivity index (χ0v) is 13.3. The van der Waals surface area contributed by atoms with E-state index < -0.39 is 11.1 Å². The predicted octanol–water partition coefficient (Wildman–Crippen LogP) is 0.179. The van der Waals surface area contributed by atoms with Crippen molar-refractivity contribution in [2.75, 3.05) is 24.5 Å². The molecule has 126 valence electrons. The molecule has 1 fully saturated rings. The van der Waals surface area contributed by atoms with Gasteiger partial charge in [0.05, 0.1) is 0 Å². The molecule has 24 heavy (non-hydrogen) atoms. The Morgan fingerprint density at radius 3 is 2.75 bits per heavy atom. The minimum Gasteiger partial charge on any atom is -0.371 e. The highest BCUT2D eigenvalue weighted by atomic mass is 16.2. The van der Waals surface area contributed by atoms with Gasteiger partial charge in [-0.25, -0.2) is 4.68 Å². The molecule has 0 aliphatic carbocycles. The third-order valence-electron chi connectivity index (χ3n) is 4.19. The van der Waals surface area contributed by atoms with E-state index >= 15 is 0 Å². The van der Waals surface area contributed by atoms with E-state index in [1.54, 1.807) is 0 Å². The molecule has 1 aromatic carbocycles. The number of anilines is 1. The Kier molecular flexibility index (Phi) is 4.79. The van der Waals surface area contributed by atoms with Gasteiger partial charge in [-0.3, -0.25) is 19.5 Å². The van der Waals surface area contributed by atoms with Crippen LogP contribution in [0.15, 0.2) is 52.1 Å². The molecule has 0 saturated carbocycles. The monoisotopic (exact) mass is 328 g/mol. The summed E-state index contributed by atoms with van der Waals surface area (Å²) in [5, 5.41) is 5.19. The lowest BCUT2D eigenvalue weighted by Crippen LogP contribution is -2.38. The molecule has 1 aliphatic heterocycles. The van der Waals surface area contributed by atoms with E-state index in [0.717, 1.165) is 36.3 Å². The number of hydrogen-bond acceptors (Lipinski definition) is 4. The molecule has 1 aromatic heterocycles. The Bertz CT molecular complexity index is 812. The standard InChI is InChI=1S/C17H20N4O3/c22-15-6-7-17(24)21(19-15)12-16(23)18-10-13-8-9-20(11-13)14-4-2-1-3-5-14/h1-7,13H,8-12H2,(H,18,23)(H,19,22)/t13-/m1/s1. The summed E-state index contributed by atoms with van der Waals surface area (Å²) in [5.74, 6) is 0.0952. The van der Waals surface area contributed by atoms with Crippen molar-refractivity contribution in [1.82, 2.24) is 15.1 Å². The second kappa shape index (κ2) is 7.16. The molecular formula is C17H20N4O3. The first kappa shape index (κ1) is 16.0. The van der Waals surface area contributed by atoms with Crippen LogP contribution in [0, 0.1) is 5.92 Å². The van der Waals surface area contributed by atoms with Gasteiger partial charge in [0.25, 0.3) is 11.1 Å². The van der Waals surface area contributed by atoms with Crippen molar-refractivity contribution in [1.29, 1.82) is 0 Å². The Hall–Kier alpha value is -2.83. The molecule has 2 N–H and O–H groups in total. The van der Waals surface area contributed by atoms with E-state index in [4.69, 9.17) is 0 Å². The lowest BCUT2D eigenvalue weighted by molar-refractivity contribution is -0.122. The Morgan fingerprint density at radius 1 is 1.17 bits per heavy atom. The maximum absolute atomic E-state index is 12.0. The second-order valence-electron chi connectivity index (χ2n) is 5.97. The van der Waals surface area contributed by atoms with Gasteiger partial charge in [0.2, 0.25) is 5.91 Å². The molecule has 7 nitrogen and oxygen atoms in total. The Balaban J connectivity index is 1.50. The van der Waals surface area contributed by atoms with E-state index in [-0.39, 0.29) is 12.5 Å². The van der Waals surface area contributed by atoms with Gasteiger partial charge in [-0.2, -0.15) is 0 Å². The molecule has 0 bridgehead atoms. The first-order chi connectivity index (χ1) is 11.6. The highest BCUT2D eigenvalue weighted by Gasteiger charge is 2.23. The summed E-state index contributed by atoms with van der Waals surface area (Å²) in [6, 6.07) is 12.5. The number of carbonyl (C=O) groups excluding carboxylic acids is 1. The quantitative estimate of drug-likeness (QED) is 0.820. The van der Waals surface area contributed by atoms with Crippen LogP contribution in [0.25, 0.3) is 0 Å². The lowest BCUT2D eigenvalue weighted by Gasteiger charge is -2.18. The molecule has 0 spiro atoms. The number of aromatic amines is 1. The Morgan fingerprint density at radius 2 is 1.96 bits per heavy atom. The normalized spacial score (nSPS) is 17.0. The van der Waals surface area contributed by atoms with Crippen LogP contribution in [-0.4, -0.2) is 35.3 Å². The fraction of sp³-hybridized carbons (Fsp3) is 0.353. The second-order valence-corrected chi connectivity index (χ2v) is 5.97. The number of hydrogen-bond donors (Lipinski definition) is 2. The van der Waals surface area contributed by atoms with Crippen molar-refractivity contribution in [3.8, 4) is 0 Å². The molecule has 0 unspecified atom stereocenters. The summed E-state index contributed by atoms with van der Waals surface area (Å²) in [6.45, 7) is 2.25. The topological polar surface area (TPSA) is 87.2 Å². The molecule has 2 heterocycles. The minimum absolute atomic E-state index is 0.177. The van der Waals surface area contributed by atoms with Crippen LogP contribution in [0.3, 0.4) is 0 Å². The van der Waals surface area contributed by atoms with Gasteiger partial charge in [-0.15, -0.1) is 0 Å². The summed E-state index contributed by atoms with van der Waals surface area (Å²) in [7, 11) is 0. The summed E-state index contributed by atoms with van der Waals surface area (Å²) in [4.78, 5) is 37.1. The number of H-pyrrole nitrogens is 1. The SMILES string of the molecule is O=C(Cn1[nH]c(=O)ccc1=O)NC[C@H]1CCN(c2ccccc2)C1. The minimum atomic E-state index is -0.406. The molecule has 2 aromatic rings. The molecule has 1 aliphatic rings. The van der Waals surface area contributed by atoms with Gasteiger partial charge >= 0.3 is 0 Å². The third-order valence-corrected chi connectivity index (χ3v) is 4.19. The van der Waals surface area contributed by atoms with Crippen LogP contribution >= 0.6 is 0 Å². The molecule has 7 heteroatoms. The number of aromatic nitrogens is 2. The average Bonchev–Trinajstić information content (AvgIpc) is 3.06. The smallest absolute Gasteiger partial charge is 0.265 e. The fourth-order valence-electron chi connectivity index (χ4n) is 2.91. The maximum atomic E-state index is 12.0. The van der Waals surface area contributed by atoms with Gasteiger partial charge < -0.3 is 10.2 Å². The van der Waals surface area contributed by atoms with Crippen molar-refractivity contribution in [2.45, 2.75) is 13.0 Å². The number of nitrogens with one attached hydrogen (secondary N) is 2. The van der Waals surface area contributed by atoms with Crippen molar-refractivity contribution >= 4 is 11.6 Å². The molecule has 0 radical (unpaired) electrons. The van der Waals surface area contributed by atoms with Crippen molar-refractivity contribution in [3.05, 3.63) is 63.2 Å². The largest absolute Gasteiger partial charge is 0.371 e. The van der Waals surface area contributed by atoms with E-state index in [0.29, 0.717) is 12.5 Å². The van der Waals surface area contributed by atoms with Gasteiger partial charge in [0.1, 0.15) is 6.54 Å². The lowest BCUT2D eigenvalue weighted by atomic mass is 10.1. The predicted molar refractivity (Wildman–Crippen MR) is 91.1 cm³/mol. The van der Waals surface area contributed by atoms with Crippen LogP contribution in [0.4, 0.5) is 5.69 Å². The number of para-hydroxylation sites is 1. The highest BCUT2D eigenvalue weighted by Crippen LogP contribution is 2.22. The number of carbonyl (C=O) groups is 1. The van der Waals surface area contributed by atoms with Crippen LogP contribution in [0.1, 0.15) is 6.42 Å². The maximum Gasteiger partial charge on any atom is 0.265 e. The number of nitrogens with zero attached hydrogens (tertiary/aromatic N) is 2. The van der Waals surface area contributed by atoms with E-state index in [2.05, 4.69) is 27.4 Å². The van der Waals surface area contributed by atoms with Crippen molar-refractivity contribution < 1.29 is 4.79 Å². The zero-order valence-electron chi connectivity index (χ0n) is 13.3. The summed E-state index contributed by atoms with van der Waals surface area (Å²) < 4.78 is 1.02. The number of amides is 1. The molecule has 3 rings (SSSR count). The number of rotatable bonds is 5. The van der Waals surface area contributed by atoms with E-state index in [9.17, 15) is 14.4 Å². The highest BCUT2D eigenvalue weighted by molar-refractivity contribution is 5.75. The first-order valence-corrected chi connectivity index (χ1v) is 7.99. The van der Waals surface area contributed by atoms with Gasteiger partial charge in [-0.1, -0.05) is 18.2 Å². The zero-order chi connectivity index (χ0) is 16.9. The summed E-state index contributed by atoms with van der Waals surface area (Å²) >= 11 is 0. The summed E-state index contributed by atoms with van der Waals surface area (Å²) in [5.41, 5.74) is 0.386. The van der Waals surface area contributed by atoms with E-state index in [1.807, 2.05) is 18.2 Å². The number of benzene rings is 1. The first-order valence-electron chi connectivity index (χ1n) is 7.99. The van der Waals surface area contributed by atoms with E-state index in [1.165, 1.54) is 5.69 Å². The Labute approximate surface area is 138 Å². The van der Waals surface area contributed by atoms with Gasteiger partial charge in [0.15, 0.2) is 0 Å². The summed E-state index contributed by atoms with van der Waals surface area (Å²) in [6.07, 6.45) is 1.01. The van der Waals surface area contributed by atoms with Crippen LogP contribution in [0.5, 0.6) is 0 Å². The molecular weight excluding hydrogens is 308 g/mol. The van der Waals surface area contributed by atoms with Crippen LogP contribution < -0.4 is 21.3 Å². The van der Waals surface area contributed by atoms with Gasteiger partial charge in [-0.05, 0) is 24.5 Å². The fourth-order valence-corrected chi connectivity index (χ4v) is 2.91. The van der Waals surface area contributed by atoms with Crippen molar-refractivity contribution in [3.63, 3.8) is 0 Å². The van der Waals surface area contributed by atoms with Crippen LogP contribution in [-0.2, 0) is 11.3 Å².